The van der Waals surface area contributed by atoms with Crippen LogP contribution in [-0.2, 0) is 32.7 Å². The number of phosphoric ester groups is 1. The molecule has 2 atom stereocenters. The van der Waals surface area contributed by atoms with Gasteiger partial charge in [0, 0.05) is 19.4 Å². The number of hydrogen-bond acceptors (Lipinski definition) is 8. The number of allylic oxidation sites excluding steroid dienone is 10. The highest BCUT2D eigenvalue weighted by atomic mass is 31.2. The third-order valence-electron chi connectivity index (χ3n) is 9.63. The second kappa shape index (κ2) is 44.3. The van der Waals surface area contributed by atoms with Crippen molar-refractivity contribution in [1.29, 1.82) is 0 Å². The van der Waals surface area contributed by atoms with Gasteiger partial charge in [0.25, 0.3) is 0 Å². The lowest BCUT2D eigenvalue weighted by Crippen LogP contribution is -2.29. The maximum Gasteiger partial charge on any atom is 0.472 e. The highest BCUT2D eigenvalue weighted by Crippen LogP contribution is 2.43. The molecule has 0 aliphatic carbocycles. The van der Waals surface area contributed by atoms with E-state index in [2.05, 4.69) is 74.6 Å². The standard InChI is InChI=1S/C48H86NO8P/c1-3-5-7-9-11-13-15-17-19-21-22-23-24-25-27-29-31-33-35-37-39-41-48(51)57-46(45-56-58(52,53)55-43-42-49)44-54-47(50)40-38-36-34-32-30-28-26-20-18-16-14-12-10-8-6-4-2/h14-17,20-22,24-26,46H,3-13,18-19,23,27-45,49H2,1-2H3,(H,52,53)/b16-14-,17-15-,22-21-,25-24-,26-20-. The normalized spacial score (nSPS) is 13.8. The molecule has 3 N–H and O–H groups in total. The molecule has 0 spiro atoms. The third-order valence-corrected chi connectivity index (χ3v) is 10.6. The van der Waals surface area contributed by atoms with Crippen LogP contribution in [0.3, 0.4) is 0 Å². The van der Waals surface area contributed by atoms with Gasteiger partial charge in [-0.05, 0) is 83.5 Å². The lowest BCUT2D eigenvalue weighted by atomic mass is 10.1. The Balaban J connectivity index is 4.17. The van der Waals surface area contributed by atoms with Crippen molar-refractivity contribution in [3.8, 4) is 0 Å². The molecular weight excluding hydrogens is 750 g/mol. The zero-order valence-corrected chi connectivity index (χ0v) is 37.9. The van der Waals surface area contributed by atoms with Gasteiger partial charge in [0.1, 0.15) is 6.61 Å². The molecule has 0 aliphatic rings. The van der Waals surface area contributed by atoms with E-state index in [1.807, 2.05) is 0 Å². The first-order valence-corrected chi connectivity index (χ1v) is 24.8. The van der Waals surface area contributed by atoms with Crippen molar-refractivity contribution in [2.24, 2.45) is 5.73 Å². The first-order chi connectivity index (χ1) is 28.3. The van der Waals surface area contributed by atoms with Crippen LogP contribution in [0.4, 0.5) is 0 Å². The fraction of sp³-hybridized carbons (Fsp3) is 0.750. The fourth-order valence-electron chi connectivity index (χ4n) is 6.14. The summed E-state index contributed by atoms with van der Waals surface area (Å²) in [7, 11) is -4.39. The minimum Gasteiger partial charge on any atom is -0.462 e. The molecule has 2 unspecified atom stereocenters. The fourth-order valence-corrected chi connectivity index (χ4v) is 6.91. The molecule has 0 radical (unpaired) electrons. The summed E-state index contributed by atoms with van der Waals surface area (Å²) in [6.45, 7) is 3.67. The van der Waals surface area contributed by atoms with E-state index in [4.69, 9.17) is 24.3 Å². The second-order valence-electron chi connectivity index (χ2n) is 15.3. The Kier molecular flexibility index (Phi) is 42.5. The summed E-state index contributed by atoms with van der Waals surface area (Å²) in [5, 5.41) is 0. The highest BCUT2D eigenvalue weighted by Gasteiger charge is 2.26. The average molecular weight is 836 g/mol. The van der Waals surface area contributed by atoms with Crippen LogP contribution >= 0.6 is 7.82 Å². The predicted octanol–water partition coefficient (Wildman–Crippen LogP) is 13.7. The van der Waals surface area contributed by atoms with Crippen molar-refractivity contribution < 1.29 is 37.6 Å². The first-order valence-electron chi connectivity index (χ1n) is 23.3. The molecule has 0 aromatic heterocycles. The summed E-state index contributed by atoms with van der Waals surface area (Å²) < 4.78 is 32.8. The Labute approximate surface area is 355 Å². The maximum absolute atomic E-state index is 12.6. The number of esters is 2. The molecule has 336 valence electrons. The molecule has 10 heteroatoms. The van der Waals surface area contributed by atoms with Gasteiger partial charge in [-0.15, -0.1) is 0 Å². The Bertz CT molecular complexity index is 1130. The van der Waals surface area contributed by atoms with Crippen molar-refractivity contribution in [2.45, 2.75) is 206 Å². The van der Waals surface area contributed by atoms with Crippen molar-refractivity contribution in [1.82, 2.24) is 0 Å². The lowest BCUT2D eigenvalue weighted by Gasteiger charge is -2.19. The molecule has 0 aromatic rings. The van der Waals surface area contributed by atoms with Crippen LogP contribution in [0.25, 0.3) is 0 Å². The molecule has 0 heterocycles. The molecule has 0 rings (SSSR count). The van der Waals surface area contributed by atoms with Crippen LogP contribution in [0.2, 0.25) is 0 Å². The van der Waals surface area contributed by atoms with E-state index in [9.17, 15) is 19.0 Å². The van der Waals surface area contributed by atoms with Gasteiger partial charge in [-0.2, -0.15) is 0 Å². The first kappa shape index (κ1) is 55.7. The minimum atomic E-state index is -4.39. The largest absolute Gasteiger partial charge is 0.472 e. The Morgan fingerprint density at radius 3 is 1.34 bits per heavy atom. The average Bonchev–Trinajstić information content (AvgIpc) is 3.21. The summed E-state index contributed by atoms with van der Waals surface area (Å²) in [5.41, 5.74) is 5.35. The zero-order chi connectivity index (χ0) is 42.5. The van der Waals surface area contributed by atoms with Crippen LogP contribution in [0, 0.1) is 0 Å². The van der Waals surface area contributed by atoms with Gasteiger partial charge in [-0.3, -0.25) is 18.6 Å². The van der Waals surface area contributed by atoms with Gasteiger partial charge in [0.05, 0.1) is 13.2 Å². The van der Waals surface area contributed by atoms with Crippen molar-refractivity contribution >= 4 is 19.8 Å². The van der Waals surface area contributed by atoms with Gasteiger partial charge in [0.2, 0.25) is 0 Å². The van der Waals surface area contributed by atoms with E-state index < -0.39 is 32.5 Å². The number of phosphoric acid groups is 1. The number of nitrogens with two attached hydrogens (primary N) is 1. The second-order valence-corrected chi connectivity index (χ2v) is 16.7. The van der Waals surface area contributed by atoms with E-state index in [0.717, 1.165) is 89.9 Å². The third kappa shape index (κ3) is 43.3. The van der Waals surface area contributed by atoms with Crippen LogP contribution in [0.1, 0.15) is 200 Å². The van der Waals surface area contributed by atoms with Gasteiger partial charge in [-0.25, -0.2) is 4.57 Å². The summed E-state index contributed by atoms with van der Waals surface area (Å²) >= 11 is 0. The van der Waals surface area contributed by atoms with Gasteiger partial charge in [0.15, 0.2) is 6.10 Å². The molecule has 0 aliphatic heterocycles. The number of unbranched alkanes of at least 4 members (excludes halogenated alkanes) is 20. The van der Waals surface area contributed by atoms with E-state index in [1.54, 1.807) is 0 Å². The SMILES string of the molecule is CCCCCC/C=C\C/C=C\CCCCCCCC(=O)OCC(COP(=O)(O)OCCN)OC(=O)CCCCCCCC/C=C\C/C=C\C/C=C\CCCCCCC. The Morgan fingerprint density at radius 1 is 0.517 bits per heavy atom. The van der Waals surface area contributed by atoms with Crippen molar-refractivity contribution in [2.75, 3.05) is 26.4 Å². The maximum atomic E-state index is 12.6. The summed E-state index contributed by atoms with van der Waals surface area (Å²) in [5.74, 6) is -0.860. The van der Waals surface area contributed by atoms with E-state index >= 15 is 0 Å². The highest BCUT2D eigenvalue weighted by molar-refractivity contribution is 7.47. The van der Waals surface area contributed by atoms with Gasteiger partial charge < -0.3 is 20.1 Å². The molecule has 0 bridgehead atoms. The quantitative estimate of drug-likeness (QED) is 0.0266. The molecular formula is C48H86NO8P. The summed E-state index contributed by atoms with van der Waals surface area (Å²) in [6, 6.07) is 0. The molecule has 0 saturated heterocycles. The van der Waals surface area contributed by atoms with Crippen LogP contribution in [-0.4, -0.2) is 49.3 Å². The number of hydrogen-bond donors (Lipinski definition) is 2. The number of rotatable bonds is 43. The van der Waals surface area contributed by atoms with E-state index in [1.165, 1.54) is 70.6 Å². The Hall–Kier alpha value is -2.29. The zero-order valence-electron chi connectivity index (χ0n) is 37.0. The topological polar surface area (TPSA) is 134 Å². The molecule has 0 aromatic carbocycles. The number of carbonyl (C=O) groups is 2. The molecule has 58 heavy (non-hydrogen) atoms. The molecule has 0 saturated carbocycles. The summed E-state index contributed by atoms with van der Waals surface area (Å²) in [6.07, 6.45) is 52.4. The van der Waals surface area contributed by atoms with Gasteiger partial charge >= 0.3 is 19.8 Å². The van der Waals surface area contributed by atoms with Crippen LogP contribution < -0.4 is 5.73 Å². The minimum absolute atomic E-state index is 0.0465. The smallest absolute Gasteiger partial charge is 0.462 e. The van der Waals surface area contributed by atoms with Crippen LogP contribution in [0.5, 0.6) is 0 Å². The Morgan fingerprint density at radius 2 is 0.897 bits per heavy atom. The van der Waals surface area contributed by atoms with Crippen molar-refractivity contribution in [3.05, 3.63) is 60.8 Å². The van der Waals surface area contributed by atoms with Crippen LogP contribution in [0.15, 0.2) is 60.8 Å². The van der Waals surface area contributed by atoms with E-state index in [0.29, 0.717) is 12.8 Å². The van der Waals surface area contributed by atoms with Gasteiger partial charge in [-0.1, -0.05) is 164 Å². The lowest BCUT2D eigenvalue weighted by molar-refractivity contribution is -0.161. The van der Waals surface area contributed by atoms with Crippen molar-refractivity contribution in [3.63, 3.8) is 0 Å². The molecule has 0 amide bonds. The molecule has 0 fully saturated rings. The number of carbonyl (C=O) groups excluding carboxylic acids is 2. The predicted molar refractivity (Wildman–Crippen MR) is 243 cm³/mol. The molecule has 9 nitrogen and oxygen atoms in total. The summed E-state index contributed by atoms with van der Waals surface area (Å²) in [4.78, 5) is 34.9. The number of ether oxygens (including phenoxy) is 2. The monoisotopic (exact) mass is 836 g/mol. The van der Waals surface area contributed by atoms with E-state index in [-0.39, 0.29) is 32.6 Å².